The van der Waals surface area contributed by atoms with Gasteiger partial charge in [0.15, 0.2) is 0 Å². The van der Waals surface area contributed by atoms with Gasteiger partial charge >= 0.3 is 0 Å². The molecule has 2 heterocycles. The number of hydrogen-bond donors (Lipinski definition) is 2. The maximum atomic E-state index is 13.6. The molecule has 2 aliphatic heterocycles. The summed E-state index contributed by atoms with van der Waals surface area (Å²) in [6.07, 6.45) is 4.25. The fourth-order valence-corrected chi connectivity index (χ4v) is 3.75. The van der Waals surface area contributed by atoms with Gasteiger partial charge in [-0.1, -0.05) is 17.7 Å². The van der Waals surface area contributed by atoms with Crippen LogP contribution in [0.15, 0.2) is 18.2 Å². The average molecular weight is 390 g/mol. The van der Waals surface area contributed by atoms with Crippen molar-refractivity contribution in [3.63, 3.8) is 0 Å². The molecule has 2 unspecified atom stereocenters. The van der Waals surface area contributed by atoms with E-state index in [-0.39, 0.29) is 35.2 Å². The minimum absolute atomic E-state index is 0. The fraction of sp³-hybridized carbons (Fsp3) is 0.611. The van der Waals surface area contributed by atoms with E-state index in [1.807, 2.05) is 6.07 Å². The van der Waals surface area contributed by atoms with E-state index in [2.05, 4.69) is 15.5 Å². The lowest BCUT2D eigenvalue weighted by Gasteiger charge is -2.33. The second kappa shape index (κ2) is 9.72. The van der Waals surface area contributed by atoms with E-state index in [9.17, 15) is 9.18 Å². The number of amides is 1. The van der Waals surface area contributed by atoms with E-state index in [0.717, 1.165) is 64.0 Å². The maximum absolute atomic E-state index is 13.6. The summed E-state index contributed by atoms with van der Waals surface area (Å²) in [7, 11) is 0. The molecule has 0 radical (unpaired) electrons. The zero-order valence-corrected chi connectivity index (χ0v) is 15.8. The summed E-state index contributed by atoms with van der Waals surface area (Å²) in [5.74, 6) is 0.227. The first-order valence-corrected chi connectivity index (χ1v) is 9.17. The molecule has 0 spiro atoms. The van der Waals surface area contributed by atoms with Crippen LogP contribution in [-0.2, 0) is 11.3 Å². The molecule has 2 atom stereocenters. The van der Waals surface area contributed by atoms with Gasteiger partial charge in [0.25, 0.3) is 0 Å². The molecule has 2 N–H and O–H groups in total. The number of carbonyl (C=O) groups excluding carboxylic acids is 1. The molecule has 1 amide bonds. The van der Waals surface area contributed by atoms with Crippen LogP contribution in [0, 0.1) is 11.7 Å². The van der Waals surface area contributed by atoms with E-state index in [0.29, 0.717) is 5.92 Å². The van der Waals surface area contributed by atoms with E-state index in [4.69, 9.17) is 11.6 Å². The molecule has 3 rings (SSSR count). The van der Waals surface area contributed by atoms with Crippen molar-refractivity contribution in [2.45, 2.75) is 38.3 Å². The summed E-state index contributed by atoms with van der Waals surface area (Å²) >= 11 is 5.74. The Morgan fingerprint density at radius 2 is 2.20 bits per heavy atom. The van der Waals surface area contributed by atoms with E-state index in [1.165, 1.54) is 6.07 Å². The quantitative estimate of drug-likeness (QED) is 0.813. The van der Waals surface area contributed by atoms with Gasteiger partial charge in [-0.3, -0.25) is 9.69 Å². The Balaban J connectivity index is 0.00000225. The number of nitrogens with zero attached hydrogens (tertiary/aromatic N) is 1. The summed E-state index contributed by atoms with van der Waals surface area (Å²) in [6, 6.07) is 4.99. The lowest BCUT2D eigenvalue weighted by molar-refractivity contribution is -0.123. The van der Waals surface area contributed by atoms with Crippen molar-refractivity contribution >= 4 is 29.9 Å². The Hall–Kier alpha value is -0.880. The number of rotatable bonds is 5. The van der Waals surface area contributed by atoms with Crippen LogP contribution in [-0.4, -0.2) is 43.0 Å². The summed E-state index contributed by atoms with van der Waals surface area (Å²) < 4.78 is 13.6. The second-order valence-corrected chi connectivity index (χ2v) is 7.29. The highest BCUT2D eigenvalue weighted by Gasteiger charge is 2.24. The van der Waals surface area contributed by atoms with Crippen LogP contribution >= 0.6 is 24.0 Å². The highest BCUT2D eigenvalue weighted by Crippen LogP contribution is 2.21. The lowest BCUT2D eigenvalue weighted by Crippen LogP contribution is -2.45. The van der Waals surface area contributed by atoms with Gasteiger partial charge in [-0.25, -0.2) is 4.39 Å². The van der Waals surface area contributed by atoms with Crippen molar-refractivity contribution in [1.82, 2.24) is 15.5 Å². The Morgan fingerprint density at radius 3 is 2.92 bits per heavy atom. The number of likely N-dealkylation sites (tertiary alicyclic amines) is 1. The standard InChI is InChI=1S/C18H25ClFN3O.ClH/c19-15-6-5-13(9-16(15)20)11-23-8-2-3-14(12-23)10-22-18(24)17-4-1-7-21-17;/h5-6,9,14,17,21H,1-4,7-8,10-12H2,(H,22,24);1H. The van der Waals surface area contributed by atoms with Crippen LogP contribution in [0.5, 0.6) is 0 Å². The average Bonchev–Trinajstić information content (AvgIpc) is 3.11. The molecular formula is C18H26Cl2FN3O. The van der Waals surface area contributed by atoms with Gasteiger partial charge in [0, 0.05) is 19.6 Å². The van der Waals surface area contributed by atoms with Crippen LogP contribution in [0.25, 0.3) is 0 Å². The van der Waals surface area contributed by atoms with Crippen LogP contribution in [0.2, 0.25) is 5.02 Å². The third-order valence-corrected chi connectivity index (χ3v) is 5.24. The largest absolute Gasteiger partial charge is 0.354 e. The van der Waals surface area contributed by atoms with Gasteiger partial charge in [0.1, 0.15) is 5.82 Å². The lowest BCUT2D eigenvalue weighted by atomic mass is 9.97. The van der Waals surface area contributed by atoms with Gasteiger partial charge < -0.3 is 10.6 Å². The number of carbonyl (C=O) groups is 1. The van der Waals surface area contributed by atoms with Crippen LogP contribution < -0.4 is 10.6 Å². The van der Waals surface area contributed by atoms with Crippen LogP contribution in [0.3, 0.4) is 0 Å². The first-order valence-electron chi connectivity index (χ1n) is 8.79. The van der Waals surface area contributed by atoms with Crippen molar-refractivity contribution < 1.29 is 9.18 Å². The molecule has 140 valence electrons. The number of piperidine rings is 1. The van der Waals surface area contributed by atoms with E-state index in [1.54, 1.807) is 6.07 Å². The van der Waals surface area contributed by atoms with Crippen molar-refractivity contribution in [2.24, 2.45) is 5.92 Å². The summed E-state index contributed by atoms with van der Waals surface area (Å²) in [5, 5.41) is 6.48. The third kappa shape index (κ3) is 5.81. The van der Waals surface area contributed by atoms with Crippen LogP contribution in [0.4, 0.5) is 4.39 Å². The minimum atomic E-state index is -0.362. The second-order valence-electron chi connectivity index (χ2n) is 6.89. The van der Waals surface area contributed by atoms with Gasteiger partial charge in [-0.2, -0.15) is 0 Å². The van der Waals surface area contributed by atoms with Gasteiger partial charge in [0.2, 0.25) is 5.91 Å². The van der Waals surface area contributed by atoms with Gasteiger partial charge in [0.05, 0.1) is 11.1 Å². The molecule has 0 saturated carbocycles. The molecule has 2 aliphatic rings. The highest BCUT2D eigenvalue weighted by molar-refractivity contribution is 6.30. The normalized spacial score (nSPS) is 23.9. The van der Waals surface area contributed by atoms with Crippen molar-refractivity contribution in [3.05, 3.63) is 34.6 Å². The zero-order chi connectivity index (χ0) is 16.9. The molecular weight excluding hydrogens is 364 g/mol. The third-order valence-electron chi connectivity index (χ3n) is 4.94. The van der Waals surface area contributed by atoms with Crippen molar-refractivity contribution in [2.75, 3.05) is 26.2 Å². The zero-order valence-electron chi connectivity index (χ0n) is 14.3. The monoisotopic (exact) mass is 389 g/mol. The molecule has 2 saturated heterocycles. The summed E-state index contributed by atoms with van der Waals surface area (Å²) in [5.41, 5.74) is 0.941. The number of hydrogen-bond acceptors (Lipinski definition) is 3. The topological polar surface area (TPSA) is 44.4 Å². The molecule has 25 heavy (non-hydrogen) atoms. The summed E-state index contributed by atoms with van der Waals surface area (Å²) in [6.45, 7) is 4.33. The van der Waals surface area contributed by atoms with E-state index >= 15 is 0 Å². The SMILES string of the molecule is Cl.O=C(NCC1CCCN(Cc2ccc(Cl)c(F)c2)C1)C1CCCN1. The molecule has 0 aromatic heterocycles. The van der Waals surface area contributed by atoms with Crippen molar-refractivity contribution in [3.8, 4) is 0 Å². The Labute approximate surface area is 159 Å². The highest BCUT2D eigenvalue weighted by atomic mass is 35.5. The smallest absolute Gasteiger partial charge is 0.237 e. The number of benzene rings is 1. The maximum Gasteiger partial charge on any atom is 0.237 e. The number of nitrogens with one attached hydrogen (secondary N) is 2. The molecule has 7 heteroatoms. The number of halogens is 3. The van der Waals surface area contributed by atoms with Gasteiger partial charge in [-0.05, 0) is 62.4 Å². The Bertz CT molecular complexity index is 581. The molecule has 1 aromatic rings. The Kier molecular flexibility index (Phi) is 7.94. The molecule has 4 nitrogen and oxygen atoms in total. The van der Waals surface area contributed by atoms with Crippen molar-refractivity contribution in [1.29, 1.82) is 0 Å². The molecule has 1 aromatic carbocycles. The molecule has 0 aliphatic carbocycles. The predicted molar refractivity (Wildman–Crippen MR) is 101 cm³/mol. The predicted octanol–water partition coefficient (Wildman–Crippen LogP) is 2.98. The first-order chi connectivity index (χ1) is 11.6. The Morgan fingerprint density at radius 1 is 1.36 bits per heavy atom. The minimum Gasteiger partial charge on any atom is -0.354 e. The fourth-order valence-electron chi connectivity index (χ4n) is 3.63. The van der Waals surface area contributed by atoms with Crippen LogP contribution in [0.1, 0.15) is 31.2 Å². The summed E-state index contributed by atoms with van der Waals surface area (Å²) in [4.78, 5) is 14.4. The van der Waals surface area contributed by atoms with E-state index < -0.39 is 0 Å². The molecule has 0 bridgehead atoms. The molecule has 2 fully saturated rings. The van der Waals surface area contributed by atoms with Gasteiger partial charge in [-0.15, -0.1) is 12.4 Å². The first kappa shape index (κ1) is 20.4.